The van der Waals surface area contributed by atoms with E-state index in [1.54, 1.807) is 12.1 Å². The second-order valence-electron chi connectivity index (χ2n) is 4.38. The van der Waals surface area contributed by atoms with Crippen LogP contribution in [-0.4, -0.2) is 32.3 Å². The summed E-state index contributed by atoms with van der Waals surface area (Å²) in [5.41, 5.74) is 2.79. The molecule has 0 aliphatic rings. The molecule has 0 saturated carbocycles. The van der Waals surface area contributed by atoms with Crippen LogP contribution in [0.5, 0.6) is 0 Å². The molecule has 0 spiro atoms. The van der Waals surface area contributed by atoms with Crippen molar-refractivity contribution in [2.45, 2.75) is 13.8 Å². The van der Waals surface area contributed by atoms with Gasteiger partial charge in [-0.3, -0.25) is 9.63 Å². The highest BCUT2D eigenvalue weighted by molar-refractivity contribution is 5.93. The molecule has 2 aromatic rings. The number of nitrogens with zero attached hydrogens (tertiary/aromatic N) is 4. The summed E-state index contributed by atoms with van der Waals surface area (Å²) in [6, 6.07) is 3.34. The summed E-state index contributed by atoms with van der Waals surface area (Å²) >= 11 is 0. The summed E-state index contributed by atoms with van der Waals surface area (Å²) in [7, 11) is 0. The monoisotopic (exact) mass is 261 g/mol. The summed E-state index contributed by atoms with van der Waals surface area (Å²) in [5.74, 6) is 0.628. The number of hydrogen-bond donors (Lipinski definition) is 1. The molecule has 0 atom stereocenters. The molecule has 2 rings (SSSR count). The Balaban J connectivity index is 1.96. The maximum absolute atomic E-state index is 11.7. The van der Waals surface area contributed by atoms with Crippen molar-refractivity contribution < 1.29 is 9.63 Å². The SMILES string of the molecule is CC(C)CONC(=O)c1ccc(-n2cncn2)nc1. The highest BCUT2D eigenvalue weighted by Crippen LogP contribution is 2.04. The van der Waals surface area contributed by atoms with Crippen LogP contribution >= 0.6 is 0 Å². The third-order valence-electron chi connectivity index (χ3n) is 2.25. The van der Waals surface area contributed by atoms with Crippen LogP contribution in [0.1, 0.15) is 24.2 Å². The minimum atomic E-state index is -0.321. The fourth-order valence-corrected chi connectivity index (χ4v) is 1.32. The van der Waals surface area contributed by atoms with E-state index in [0.29, 0.717) is 23.9 Å². The average molecular weight is 261 g/mol. The van der Waals surface area contributed by atoms with E-state index >= 15 is 0 Å². The van der Waals surface area contributed by atoms with Gasteiger partial charge in [-0.15, -0.1) is 0 Å². The van der Waals surface area contributed by atoms with Gasteiger partial charge < -0.3 is 0 Å². The number of pyridine rings is 1. The fourth-order valence-electron chi connectivity index (χ4n) is 1.32. The minimum absolute atomic E-state index is 0.321. The molecular formula is C12H15N5O2. The molecule has 0 aliphatic carbocycles. The Bertz CT molecular complexity index is 522. The van der Waals surface area contributed by atoms with E-state index in [1.165, 1.54) is 23.5 Å². The quantitative estimate of drug-likeness (QED) is 0.811. The zero-order valence-electron chi connectivity index (χ0n) is 10.8. The largest absolute Gasteiger partial charge is 0.276 e. The third-order valence-corrected chi connectivity index (χ3v) is 2.25. The molecule has 100 valence electrons. The number of carbonyl (C=O) groups excluding carboxylic acids is 1. The zero-order chi connectivity index (χ0) is 13.7. The van der Waals surface area contributed by atoms with Gasteiger partial charge in [0.25, 0.3) is 5.91 Å². The summed E-state index contributed by atoms with van der Waals surface area (Å²) in [6.07, 6.45) is 4.42. The average Bonchev–Trinajstić information content (AvgIpc) is 2.92. The lowest BCUT2D eigenvalue weighted by Crippen LogP contribution is -2.25. The van der Waals surface area contributed by atoms with Crippen molar-refractivity contribution in [2.75, 3.05) is 6.61 Å². The van der Waals surface area contributed by atoms with E-state index in [2.05, 4.69) is 20.5 Å². The Morgan fingerprint density at radius 3 is 2.89 bits per heavy atom. The number of amides is 1. The zero-order valence-corrected chi connectivity index (χ0v) is 10.8. The third kappa shape index (κ3) is 3.59. The maximum atomic E-state index is 11.7. The standard InChI is InChI=1S/C12H15N5O2/c1-9(2)6-19-16-12(18)10-3-4-11(14-5-10)17-8-13-7-15-17/h3-5,7-9H,6H2,1-2H3,(H,16,18). The number of hydrogen-bond acceptors (Lipinski definition) is 5. The second kappa shape index (κ2) is 6.05. The summed E-state index contributed by atoms with van der Waals surface area (Å²) in [6.45, 7) is 4.47. The molecule has 0 aromatic carbocycles. The van der Waals surface area contributed by atoms with Gasteiger partial charge in [0.05, 0.1) is 12.2 Å². The Morgan fingerprint density at radius 2 is 2.32 bits per heavy atom. The van der Waals surface area contributed by atoms with Gasteiger partial charge in [-0.05, 0) is 18.1 Å². The molecule has 0 bridgehead atoms. The van der Waals surface area contributed by atoms with Crippen LogP contribution in [0.2, 0.25) is 0 Å². The normalized spacial score (nSPS) is 10.7. The summed E-state index contributed by atoms with van der Waals surface area (Å²) in [5, 5.41) is 3.95. The van der Waals surface area contributed by atoms with E-state index in [-0.39, 0.29) is 5.91 Å². The van der Waals surface area contributed by atoms with Gasteiger partial charge in [0, 0.05) is 6.20 Å². The Labute approximate surface area is 110 Å². The van der Waals surface area contributed by atoms with Crippen molar-refractivity contribution in [2.24, 2.45) is 5.92 Å². The van der Waals surface area contributed by atoms with Crippen molar-refractivity contribution in [3.8, 4) is 5.82 Å². The maximum Gasteiger partial charge on any atom is 0.276 e. The van der Waals surface area contributed by atoms with Crippen LogP contribution in [0.4, 0.5) is 0 Å². The molecule has 0 fully saturated rings. The minimum Gasteiger partial charge on any atom is -0.273 e. The predicted molar refractivity (Wildman–Crippen MR) is 67.4 cm³/mol. The highest BCUT2D eigenvalue weighted by atomic mass is 16.6. The molecule has 7 nitrogen and oxygen atoms in total. The molecular weight excluding hydrogens is 246 g/mol. The molecule has 1 amide bonds. The van der Waals surface area contributed by atoms with Gasteiger partial charge in [-0.1, -0.05) is 13.8 Å². The molecule has 0 saturated heterocycles. The van der Waals surface area contributed by atoms with Crippen LogP contribution in [0.15, 0.2) is 31.0 Å². The first-order chi connectivity index (χ1) is 9.16. The number of rotatable bonds is 5. The van der Waals surface area contributed by atoms with E-state index in [0.717, 1.165) is 0 Å². The van der Waals surface area contributed by atoms with Crippen LogP contribution < -0.4 is 5.48 Å². The molecule has 0 unspecified atom stereocenters. The number of hydroxylamine groups is 1. The van der Waals surface area contributed by atoms with Crippen LogP contribution in [0, 0.1) is 5.92 Å². The number of nitrogens with one attached hydrogen (secondary N) is 1. The van der Waals surface area contributed by atoms with Crippen molar-refractivity contribution in [3.05, 3.63) is 36.5 Å². The van der Waals surface area contributed by atoms with Crippen molar-refractivity contribution in [3.63, 3.8) is 0 Å². The molecule has 7 heteroatoms. The van der Waals surface area contributed by atoms with Gasteiger partial charge in [0.2, 0.25) is 0 Å². The lowest BCUT2D eigenvalue weighted by molar-refractivity contribution is 0.0208. The van der Waals surface area contributed by atoms with E-state index < -0.39 is 0 Å². The van der Waals surface area contributed by atoms with Crippen molar-refractivity contribution in [1.82, 2.24) is 25.2 Å². The Morgan fingerprint density at radius 1 is 1.47 bits per heavy atom. The molecule has 1 N–H and O–H groups in total. The lowest BCUT2D eigenvalue weighted by atomic mass is 10.2. The van der Waals surface area contributed by atoms with Crippen LogP contribution in [-0.2, 0) is 4.84 Å². The first kappa shape index (κ1) is 13.2. The number of carbonyl (C=O) groups is 1. The van der Waals surface area contributed by atoms with Gasteiger partial charge in [-0.2, -0.15) is 5.10 Å². The van der Waals surface area contributed by atoms with Gasteiger partial charge in [-0.25, -0.2) is 20.1 Å². The second-order valence-corrected chi connectivity index (χ2v) is 4.38. The predicted octanol–water partition coefficient (Wildman–Crippen LogP) is 0.980. The summed E-state index contributed by atoms with van der Waals surface area (Å²) in [4.78, 5) is 24.7. The van der Waals surface area contributed by atoms with Gasteiger partial charge >= 0.3 is 0 Å². The molecule has 2 aromatic heterocycles. The smallest absolute Gasteiger partial charge is 0.273 e. The van der Waals surface area contributed by atoms with E-state index in [1.807, 2.05) is 13.8 Å². The number of aromatic nitrogens is 4. The summed E-state index contributed by atoms with van der Waals surface area (Å²) < 4.78 is 1.51. The van der Waals surface area contributed by atoms with Crippen LogP contribution in [0.3, 0.4) is 0 Å². The molecule has 0 aliphatic heterocycles. The Kier molecular flexibility index (Phi) is 4.19. The van der Waals surface area contributed by atoms with Gasteiger partial charge in [0.1, 0.15) is 12.7 Å². The highest BCUT2D eigenvalue weighted by Gasteiger charge is 2.07. The molecule has 19 heavy (non-hydrogen) atoms. The lowest BCUT2D eigenvalue weighted by Gasteiger charge is -2.07. The van der Waals surface area contributed by atoms with E-state index in [4.69, 9.17) is 4.84 Å². The topological polar surface area (TPSA) is 81.9 Å². The Hall–Kier alpha value is -2.28. The van der Waals surface area contributed by atoms with Crippen LogP contribution in [0.25, 0.3) is 5.82 Å². The first-order valence-electron chi connectivity index (χ1n) is 5.90. The van der Waals surface area contributed by atoms with Crippen molar-refractivity contribution >= 4 is 5.91 Å². The fraction of sp³-hybridized carbons (Fsp3) is 0.333. The van der Waals surface area contributed by atoms with Gasteiger partial charge in [0.15, 0.2) is 5.82 Å². The molecule has 0 radical (unpaired) electrons. The first-order valence-corrected chi connectivity index (χ1v) is 5.90. The van der Waals surface area contributed by atoms with Crippen molar-refractivity contribution in [1.29, 1.82) is 0 Å². The van der Waals surface area contributed by atoms with E-state index in [9.17, 15) is 4.79 Å². The molecule has 2 heterocycles.